The van der Waals surface area contributed by atoms with E-state index in [0.717, 1.165) is 6.26 Å². The Hall–Kier alpha value is -2.41. The van der Waals surface area contributed by atoms with E-state index in [1.54, 1.807) is 29.2 Å². The lowest BCUT2D eigenvalue weighted by molar-refractivity contribution is 0.0666. The molecule has 0 heterocycles. The van der Waals surface area contributed by atoms with Gasteiger partial charge in [0.25, 0.3) is 5.91 Å². The minimum Gasteiger partial charge on any atom is -0.383 e. The van der Waals surface area contributed by atoms with Crippen molar-refractivity contribution in [2.75, 3.05) is 6.26 Å². The van der Waals surface area contributed by atoms with E-state index in [2.05, 4.69) is 0 Å². The summed E-state index contributed by atoms with van der Waals surface area (Å²) < 4.78 is 41.5. The molecule has 1 atom stereocenters. The number of amides is 1. The Balaban J connectivity index is 2.30. The maximum absolute atomic E-state index is 14.0. The van der Waals surface area contributed by atoms with E-state index in [4.69, 9.17) is 4.18 Å². The molecule has 5 nitrogen and oxygen atoms in total. The van der Waals surface area contributed by atoms with Crippen LogP contribution in [0.1, 0.15) is 36.2 Å². The average molecular weight is 379 g/mol. The summed E-state index contributed by atoms with van der Waals surface area (Å²) in [4.78, 5) is 14.4. The first-order chi connectivity index (χ1) is 12.2. The lowest BCUT2D eigenvalue weighted by Gasteiger charge is -2.29. The molecule has 0 unspecified atom stereocenters. The summed E-state index contributed by atoms with van der Waals surface area (Å²) in [7, 11) is -3.64. The fourth-order valence-corrected chi connectivity index (χ4v) is 2.96. The van der Waals surface area contributed by atoms with Crippen molar-refractivity contribution in [2.45, 2.75) is 32.9 Å². The number of rotatable bonds is 7. The van der Waals surface area contributed by atoms with Crippen molar-refractivity contribution < 1.29 is 21.8 Å². The number of halogens is 1. The van der Waals surface area contributed by atoms with Crippen LogP contribution in [-0.4, -0.2) is 31.5 Å². The predicted molar refractivity (Wildman–Crippen MR) is 97.9 cm³/mol. The summed E-state index contributed by atoms with van der Waals surface area (Å²) in [5.74, 6) is -0.806. The molecule has 0 radical (unpaired) electrons. The van der Waals surface area contributed by atoms with Gasteiger partial charge in [-0.05, 0) is 43.2 Å². The van der Waals surface area contributed by atoms with Gasteiger partial charge < -0.3 is 9.08 Å². The molecule has 0 spiro atoms. The predicted octanol–water partition coefficient (Wildman–Crippen LogP) is 3.61. The van der Waals surface area contributed by atoms with Gasteiger partial charge in [0.1, 0.15) is 11.6 Å². The van der Waals surface area contributed by atoms with Crippen molar-refractivity contribution in [1.82, 2.24) is 4.90 Å². The maximum atomic E-state index is 14.0. The van der Waals surface area contributed by atoms with E-state index in [1.807, 2.05) is 13.8 Å². The molecule has 2 aromatic carbocycles. The van der Waals surface area contributed by atoms with Crippen molar-refractivity contribution in [2.24, 2.45) is 0 Å². The molecule has 0 aromatic heterocycles. The van der Waals surface area contributed by atoms with Gasteiger partial charge in [0.2, 0.25) is 0 Å². The Bertz CT molecular complexity index is 883. The molecule has 0 aliphatic carbocycles. The maximum Gasteiger partial charge on any atom is 0.306 e. The molecule has 0 N–H and O–H groups in total. The van der Waals surface area contributed by atoms with Crippen molar-refractivity contribution in [3.05, 3.63) is 65.5 Å². The van der Waals surface area contributed by atoms with E-state index in [9.17, 15) is 17.6 Å². The SMILES string of the molecule is CC[C@@H](C)N(Cc1cccc(OS(C)(=O)=O)c1)C(=O)c1ccccc1F. The molecule has 7 heteroatoms. The second-order valence-electron chi connectivity index (χ2n) is 6.11. The first-order valence-electron chi connectivity index (χ1n) is 8.25. The number of benzene rings is 2. The topological polar surface area (TPSA) is 63.7 Å². The summed E-state index contributed by atoms with van der Waals surface area (Å²) in [6.07, 6.45) is 1.66. The fraction of sp³-hybridized carbons (Fsp3) is 0.316. The lowest BCUT2D eigenvalue weighted by atomic mass is 10.1. The molecular formula is C19H22FNO4S. The minimum atomic E-state index is -3.64. The van der Waals surface area contributed by atoms with E-state index < -0.39 is 21.8 Å². The molecule has 26 heavy (non-hydrogen) atoms. The first kappa shape index (κ1) is 19.9. The third-order valence-electron chi connectivity index (χ3n) is 3.99. The van der Waals surface area contributed by atoms with Crippen LogP contribution in [0.15, 0.2) is 48.5 Å². The Morgan fingerprint density at radius 2 is 1.88 bits per heavy atom. The molecule has 2 aromatic rings. The summed E-state index contributed by atoms with van der Waals surface area (Å²) in [5, 5.41) is 0. The van der Waals surface area contributed by atoms with Crippen LogP contribution < -0.4 is 4.18 Å². The molecular weight excluding hydrogens is 357 g/mol. The molecule has 0 aliphatic heterocycles. The van der Waals surface area contributed by atoms with E-state index in [0.29, 0.717) is 12.0 Å². The minimum absolute atomic E-state index is 0.0105. The highest BCUT2D eigenvalue weighted by Gasteiger charge is 2.23. The number of hydrogen-bond acceptors (Lipinski definition) is 4. The fourth-order valence-electron chi connectivity index (χ4n) is 2.50. The van der Waals surface area contributed by atoms with Gasteiger partial charge in [-0.1, -0.05) is 31.2 Å². The second kappa shape index (κ2) is 8.31. The smallest absolute Gasteiger partial charge is 0.306 e. The van der Waals surface area contributed by atoms with Gasteiger partial charge in [-0.25, -0.2) is 4.39 Å². The molecule has 0 saturated heterocycles. The summed E-state index contributed by atoms with van der Waals surface area (Å²) in [5.41, 5.74) is 0.701. The van der Waals surface area contributed by atoms with Crippen LogP contribution in [0.4, 0.5) is 4.39 Å². The summed E-state index contributed by atoms with van der Waals surface area (Å²) in [6, 6.07) is 12.2. The Labute approximate surface area is 153 Å². The quantitative estimate of drug-likeness (QED) is 0.690. The van der Waals surface area contributed by atoms with Crippen LogP contribution in [0.25, 0.3) is 0 Å². The van der Waals surface area contributed by atoms with Gasteiger partial charge in [-0.15, -0.1) is 0 Å². The zero-order valence-electron chi connectivity index (χ0n) is 15.0. The third-order valence-corrected chi connectivity index (χ3v) is 4.48. The van der Waals surface area contributed by atoms with Crippen LogP contribution in [0.5, 0.6) is 5.75 Å². The highest BCUT2D eigenvalue weighted by atomic mass is 32.2. The van der Waals surface area contributed by atoms with Gasteiger partial charge in [0, 0.05) is 12.6 Å². The third kappa shape index (κ3) is 5.29. The average Bonchev–Trinajstić information content (AvgIpc) is 2.58. The molecule has 0 saturated carbocycles. The number of nitrogens with zero attached hydrogens (tertiary/aromatic N) is 1. The van der Waals surface area contributed by atoms with Gasteiger partial charge in [-0.3, -0.25) is 4.79 Å². The van der Waals surface area contributed by atoms with Crippen molar-refractivity contribution >= 4 is 16.0 Å². The van der Waals surface area contributed by atoms with Crippen LogP contribution in [0.3, 0.4) is 0 Å². The van der Waals surface area contributed by atoms with Crippen molar-refractivity contribution in [3.8, 4) is 5.75 Å². The highest BCUT2D eigenvalue weighted by Crippen LogP contribution is 2.20. The van der Waals surface area contributed by atoms with E-state index in [1.165, 1.54) is 24.3 Å². The molecule has 1 amide bonds. The number of carbonyl (C=O) groups is 1. The van der Waals surface area contributed by atoms with Gasteiger partial charge in [-0.2, -0.15) is 8.42 Å². The van der Waals surface area contributed by atoms with Gasteiger partial charge >= 0.3 is 10.1 Å². The van der Waals surface area contributed by atoms with Crippen LogP contribution in [0, 0.1) is 5.82 Å². The largest absolute Gasteiger partial charge is 0.383 e. The van der Waals surface area contributed by atoms with Gasteiger partial charge in [0.15, 0.2) is 0 Å². The molecule has 0 aliphatic rings. The van der Waals surface area contributed by atoms with Crippen LogP contribution >= 0.6 is 0 Å². The number of hydrogen-bond donors (Lipinski definition) is 0. The van der Waals surface area contributed by atoms with Crippen LogP contribution in [-0.2, 0) is 16.7 Å². The summed E-state index contributed by atoms with van der Waals surface area (Å²) >= 11 is 0. The molecule has 2 rings (SSSR count). The van der Waals surface area contributed by atoms with Crippen molar-refractivity contribution in [3.63, 3.8) is 0 Å². The monoisotopic (exact) mass is 379 g/mol. The zero-order chi connectivity index (χ0) is 19.3. The Kier molecular flexibility index (Phi) is 6.37. The first-order valence-corrected chi connectivity index (χ1v) is 10.1. The van der Waals surface area contributed by atoms with Crippen LogP contribution in [0.2, 0.25) is 0 Å². The molecule has 0 bridgehead atoms. The number of carbonyl (C=O) groups excluding carboxylic acids is 1. The lowest BCUT2D eigenvalue weighted by Crippen LogP contribution is -2.38. The van der Waals surface area contributed by atoms with E-state index >= 15 is 0 Å². The molecule has 0 fully saturated rings. The van der Waals surface area contributed by atoms with E-state index in [-0.39, 0.29) is 23.9 Å². The Morgan fingerprint density at radius 1 is 1.19 bits per heavy atom. The summed E-state index contributed by atoms with van der Waals surface area (Å²) in [6.45, 7) is 4.04. The molecule has 140 valence electrons. The normalized spacial score (nSPS) is 12.5. The second-order valence-corrected chi connectivity index (χ2v) is 7.68. The standard InChI is InChI=1S/C19H22FNO4S/c1-4-14(2)21(19(22)17-10-5-6-11-18(17)20)13-15-8-7-9-16(12-15)25-26(3,23)24/h5-12,14H,4,13H2,1-3H3/t14-/m1/s1. The zero-order valence-corrected chi connectivity index (χ0v) is 15.8. The Morgan fingerprint density at radius 3 is 2.50 bits per heavy atom. The van der Waals surface area contributed by atoms with Gasteiger partial charge in [0.05, 0.1) is 11.8 Å². The van der Waals surface area contributed by atoms with Crippen molar-refractivity contribution in [1.29, 1.82) is 0 Å². The highest BCUT2D eigenvalue weighted by molar-refractivity contribution is 7.86.